The Morgan fingerprint density at radius 2 is 1.60 bits per heavy atom. The van der Waals surface area contributed by atoms with Gasteiger partial charge in [-0.2, -0.15) is 13.2 Å². The third-order valence-corrected chi connectivity index (χ3v) is 1.59. The molecule has 0 fully saturated rings. The molecule has 0 unspecified atom stereocenters. The number of aryl methyl sites for hydroxylation is 1. The normalized spacial score (nSPS) is 10.6. The van der Waals surface area contributed by atoms with Gasteiger partial charge in [-0.3, -0.25) is 0 Å². The van der Waals surface area contributed by atoms with Crippen molar-refractivity contribution >= 4 is 11.6 Å². The van der Waals surface area contributed by atoms with Gasteiger partial charge in [-0.15, -0.1) is 0 Å². The second-order valence-electron chi connectivity index (χ2n) is 3.22. The van der Waals surface area contributed by atoms with Crippen LogP contribution in [0.5, 0.6) is 0 Å². The predicted molar refractivity (Wildman–Crippen MR) is 57.2 cm³/mol. The van der Waals surface area contributed by atoms with Gasteiger partial charge in [0.15, 0.2) is 0 Å². The Morgan fingerprint density at radius 1 is 1.13 bits per heavy atom. The SMILES string of the molecule is CCC.Cc1cc(Cl)cc(C(F)(F)F)c1. The highest BCUT2D eigenvalue weighted by Crippen LogP contribution is 2.31. The van der Waals surface area contributed by atoms with Crippen molar-refractivity contribution in [2.24, 2.45) is 0 Å². The highest BCUT2D eigenvalue weighted by atomic mass is 35.5. The van der Waals surface area contributed by atoms with Gasteiger partial charge < -0.3 is 0 Å². The highest BCUT2D eigenvalue weighted by Gasteiger charge is 2.30. The van der Waals surface area contributed by atoms with Gasteiger partial charge in [0.05, 0.1) is 5.56 Å². The quantitative estimate of drug-likeness (QED) is 0.591. The monoisotopic (exact) mass is 238 g/mol. The van der Waals surface area contributed by atoms with Crippen LogP contribution in [-0.4, -0.2) is 0 Å². The van der Waals surface area contributed by atoms with Crippen LogP contribution < -0.4 is 0 Å². The van der Waals surface area contributed by atoms with Gasteiger partial charge in [-0.05, 0) is 30.7 Å². The van der Waals surface area contributed by atoms with Crippen LogP contribution >= 0.6 is 11.6 Å². The van der Waals surface area contributed by atoms with E-state index in [-0.39, 0.29) is 5.02 Å². The molecule has 15 heavy (non-hydrogen) atoms. The number of rotatable bonds is 0. The summed E-state index contributed by atoms with van der Waals surface area (Å²) >= 11 is 5.46. The van der Waals surface area contributed by atoms with E-state index in [1.54, 1.807) is 6.92 Å². The maximum atomic E-state index is 12.1. The molecule has 0 heterocycles. The van der Waals surface area contributed by atoms with Gasteiger partial charge in [0.2, 0.25) is 0 Å². The first kappa shape index (κ1) is 14.3. The van der Waals surface area contributed by atoms with Gasteiger partial charge in [0.25, 0.3) is 0 Å². The number of hydrogen-bond donors (Lipinski definition) is 0. The minimum atomic E-state index is -4.31. The number of halogens is 4. The lowest BCUT2D eigenvalue weighted by Gasteiger charge is -2.07. The van der Waals surface area contributed by atoms with Crippen molar-refractivity contribution in [3.05, 3.63) is 34.3 Å². The third kappa shape index (κ3) is 5.67. The summed E-state index contributed by atoms with van der Waals surface area (Å²) in [5.41, 5.74) is -0.192. The first-order valence-electron chi connectivity index (χ1n) is 4.65. The maximum absolute atomic E-state index is 12.1. The molecule has 0 aliphatic heterocycles. The molecule has 0 saturated heterocycles. The van der Waals surface area contributed by atoms with E-state index in [1.807, 2.05) is 0 Å². The van der Waals surface area contributed by atoms with Crippen molar-refractivity contribution in [3.8, 4) is 0 Å². The summed E-state index contributed by atoms with van der Waals surface area (Å²) in [4.78, 5) is 0. The Morgan fingerprint density at radius 3 is 1.93 bits per heavy atom. The standard InChI is InChI=1S/C8H6ClF3.C3H8/c1-5-2-6(8(10,11)12)4-7(9)3-5;1-3-2/h2-4H,1H3;3H2,1-2H3. The van der Waals surface area contributed by atoms with Crippen LogP contribution in [-0.2, 0) is 6.18 Å². The number of hydrogen-bond acceptors (Lipinski definition) is 0. The van der Waals surface area contributed by atoms with Crippen LogP contribution in [0.2, 0.25) is 5.02 Å². The molecule has 86 valence electrons. The van der Waals surface area contributed by atoms with E-state index >= 15 is 0 Å². The zero-order chi connectivity index (χ0) is 12.1. The minimum Gasteiger partial charge on any atom is -0.166 e. The molecular weight excluding hydrogens is 225 g/mol. The van der Waals surface area contributed by atoms with E-state index in [2.05, 4.69) is 13.8 Å². The first-order valence-corrected chi connectivity index (χ1v) is 5.03. The summed E-state index contributed by atoms with van der Waals surface area (Å²) in [7, 11) is 0. The van der Waals surface area contributed by atoms with E-state index in [1.165, 1.54) is 12.5 Å². The molecule has 0 spiro atoms. The fourth-order valence-electron chi connectivity index (χ4n) is 0.900. The Labute approximate surface area is 93.1 Å². The Bertz CT molecular complexity index is 285. The second-order valence-corrected chi connectivity index (χ2v) is 3.66. The average molecular weight is 239 g/mol. The van der Waals surface area contributed by atoms with Crippen LogP contribution in [0.3, 0.4) is 0 Å². The summed E-state index contributed by atoms with van der Waals surface area (Å²) in [6.07, 6.45) is -3.06. The smallest absolute Gasteiger partial charge is 0.166 e. The topological polar surface area (TPSA) is 0 Å². The van der Waals surface area contributed by atoms with Crippen LogP contribution in [0.15, 0.2) is 18.2 Å². The zero-order valence-corrected chi connectivity index (χ0v) is 9.71. The number of alkyl halides is 3. The minimum absolute atomic E-state index is 0.113. The summed E-state index contributed by atoms with van der Waals surface area (Å²) < 4.78 is 36.3. The summed E-state index contributed by atoms with van der Waals surface area (Å²) in [5, 5.41) is 0.113. The molecule has 0 N–H and O–H groups in total. The molecule has 1 aromatic carbocycles. The lowest BCUT2D eigenvalue weighted by Crippen LogP contribution is -2.04. The van der Waals surface area contributed by atoms with E-state index < -0.39 is 11.7 Å². The zero-order valence-electron chi connectivity index (χ0n) is 8.95. The van der Waals surface area contributed by atoms with Crippen LogP contribution in [0, 0.1) is 6.92 Å². The van der Waals surface area contributed by atoms with Crippen LogP contribution in [0.1, 0.15) is 31.4 Å². The maximum Gasteiger partial charge on any atom is 0.416 e. The summed E-state index contributed by atoms with van der Waals surface area (Å²) in [6.45, 7) is 5.82. The van der Waals surface area contributed by atoms with Crippen molar-refractivity contribution in [1.82, 2.24) is 0 Å². The molecule has 1 aromatic rings. The van der Waals surface area contributed by atoms with Gasteiger partial charge in [-0.25, -0.2) is 0 Å². The van der Waals surface area contributed by atoms with Crippen LogP contribution in [0.4, 0.5) is 13.2 Å². The van der Waals surface area contributed by atoms with Crippen molar-refractivity contribution < 1.29 is 13.2 Å². The molecule has 0 atom stereocenters. The highest BCUT2D eigenvalue weighted by molar-refractivity contribution is 6.30. The molecule has 1 rings (SSSR count). The molecule has 0 aliphatic carbocycles. The van der Waals surface area contributed by atoms with Crippen molar-refractivity contribution in [1.29, 1.82) is 0 Å². The Balaban J connectivity index is 0.000000583. The fraction of sp³-hybridized carbons (Fsp3) is 0.455. The van der Waals surface area contributed by atoms with Crippen molar-refractivity contribution in [3.63, 3.8) is 0 Å². The molecule has 0 nitrogen and oxygen atoms in total. The van der Waals surface area contributed by atoms with Crippen molar-refractivity contribution in [2.45, 2.75) is 33.4 Å². The van der Waals surface area contributed by atoms with Crippen LogP contribution in [0.25, 0.3) is 0 Å². The first-order chi connectivity index (χ1) is 6.81. The van der Waals surface area contributed by atoms with Gasteiger partial charge in [0.1, 0.15) is 0 Å². The van der Waals surface area contributed by atoms with Crippen molar-refractivity contribution in [2.75, 3.05) is 0 Å². The Kier molecular flexibility index (Phi) is 5.73. The van der Waals surface area contributed by atoms with Gasteiger partial charge >= 0.3 is 6.18 Å². The molecule has 0 bridgehead atoms. The molecule has 0 saturated carbocycles. The Hall–Kier alpha value is -0.700. The predicted octanol–water partition coefficient (Wildman–Crippen LogP) is 5.08. The summed E-state index contributed by atoms with van der Waals surface area (Å²) in [5.74, 6) is 0. The van der Waals surface area contributed by atoms with E-state index in [4.69, 9.17) is 11.6 Å². The largest absolute Gasteiger partial charge is 0.416 e. The molecular formula is C11H14ClF3. The second kappa shape index (κ2) is 6.01. The molecule has 0 amide bonds. The average Bonchev–Trinajstić information content (AvgIpc) is 2.01. The number of benzene rings is 1. The molecule has 4 heteroatoms. The van der Waals surface area contributed by atoms with E-state index in [9.17, 15) is 13.2 Å². The van der Waals surface area contributed by atoms with E-state index in [0.29, 0.717) is 5.56 Å². The molecule has 0 radical (unpaired) electrons. The van der Waals surface area contributed by atoms with Gasteiger partial charge in [-0.1, -0.05) is 31.9 Å². The molecule has 0 aromatic heterocycles. The summed E-state index contributed by atoms with van der Waals surface area (Å²) in [6, 6.07) is 3.46. The lowest BCUT2D eigenvalue weighted by molar-refractivity contribution is -0.137. The third-order valence-electron chi connectivity index (χ3n) is 1.37. The van der Waals surface area contributed by atoms with Gasteiger partial charge in [0, 0.05) is 5.02 Å². The molecule has 0 aliphatic rings. The lowest BCUT2D eigenvalue weighted by atomic mass is 10.1. The van der Waals surface area contributed by atoms with E-state index in [0.717, 1.165) is 12.1 Å². The fourth-order valence-corrected chi connectivity index (χ4v) is 1.19.